The molecule has 2 heterocycles. The average Bonchev–Trinajstić information content (AvgIpc) is 3.02. The molecule has 1 N–H and O–H groups in total. The topological polar surface area (TPSA) is 105 Å². The lowest BCUT2D eigenvalue weighted by atomic mass is 10.1. The van der Waals surface area contributed by atoms with Gasteiger partial charge in [-0.1, -0.05) is 13.8 Å². The van der Waals surface area contributed by atoms with Crippen molar-refractivity contribution in [2.75, 3.05) is 20.2 Å². The van der Waals surface area contributed by atoms with Crippen LogP contribution in [0.15, 0.2) is 0 Å². The first kappa shape index (κ1) is 23.0. The minimum atomic E-state index is -0.999. The van der Waals surface area contributed by atoms with Gasteiger partial charge in [0.2, 0.25) is 11.8 Å². The molecule has 0 radical (unpaired) electrons. The van der Waals surface area contributed by atoms with Gasteiger partial charge >= 0.3 is 12.1 Å². The Balaban J connectivity index is 2.30. The van der Waals surface area contributed by atoms with E-state index in [-0.39, 0.29) is 24.4 Å². The molecule has 29 heavy (non-hydrogen) atoms. The van der Waals surface area contributed by atoms with Crippen molar-refractivity contribution in [2.45, 2.75) is 77.6 Å². The van der Waals surface area contributed by atoms with Gasteiger partial charge in [0.1, 0.15) is 17.7 Å². The van der Waals surface area contributed by atoms with E-state index in [1.807, 2.05) is 0 Å². The molecule has 2 aliphatic rings. The summed E-state index contributed by atoms with van der Waals surface area (Å²) in [5.41, 5.74) is -0.729. The maximum absolute atomic E-state index is 13.4. The van der Waals surface area contributed by atoms with E-state index < -0.39 is 35.7 Å². The van der Waals surface area contributed by atoms with Gasteiger partial charge in [0, 0.05) is 18.5 Å². The van der Waals surface area contributed by atoms with Crippen LogP contribution < -0.4 is 5.32 Å². The minimum Gasteiger partial charge on any atom is -0.467 e. The predicted octanol–water partition coefficient (Wildman–Crippen LogP) is 1.30. The molecule has 0 aliphatic carbocycles. The number of nitrogens with one attached hydrogen (secondary N) is 1. The van der Waals surface area contributed by atoms with E-state index in [0.29, 0.717) is 25.8 Å². The number of hydrogen-bond acceptors (Lipinski definition) is 6. The van der Waals surface area contributed by atoms with Crippen molar-refractivity contribution in [3.05, 3.63) is 0 Å². The van der Waals surface area contributed by atoms with Crippen LogP contribution in [0.1, 0.15) is 53.9 Å². The monoisotopic (exact) mass is 411 g/mol. The fraction of sp³-hybridized carbons (Fsp3) is 0.800. The lowest BCUT2D eigenvalue weighted by Crippen LogP contribution is -2.61. The summed E-state index contributed by atoms with van der Waals surface area (Å²) in [6, 6.07) is -1.86. The second-order valence-electron chi connectivity index (χ2n) is 8.94. The molecule has 3 atom stereocenters. The Kier molecular flexibility index (Phi) is 7.13. The normalized spacial score (nSPS) is 25.2. The van der Waals surface area contributed by atoms with E-state index in [9.17, 15) is 19.2 Å². The molecule has 0 aromatic rings. The molecule has 2 saturated heterocycles. The third-order valence-electron chi connectivity index (χ3n) is 5.16. The van der Waals surface area contributed by atoms with Crippen molar-refractivity contribution in [3.63, 3.8) is 0 Å². The molecule has 0 aromatic heterocycles. The molecule has 0 spiro atoms. The minimum absolute atomic E-state index is 0.0339. The zero-order valence-electron chi connectivity index (χ0n) is 18.2. The zero-order chi connectivity index (χ0) is 21.9. The number of fused-ring (bicyclic) bond motifs is 1. The van der Waals surface area contributed by atoms with Gasteiger partial charge in [0.25, 0.3) is 0 Å². The van der Waals surface area contributed by atoms with Crippen LogP contribution in [0.2, 0.25) is 0 Å². The van der Waals surface area contributed by atoms with Crippen molar-refractivity contribution in [3.8, 4) is 0 Å². The standard InChI is InChI=1S/C20H33N3O6/c1-12(2)16(24)22-10-9-13-7-8-15(18(26)28-6)23(13)17(25)14(11-22)21-19(27)29-20(3,4)5/h12-15H,7-11H2,1-6H3,(H,21,27)/t13-,14?,15?/m1/s1. The second kappa shape index (κ2) is 9.00. The van der Waals surface area contributed by atoms with E-state index >= 15 is 0 Å². The molecule has 2 rings (SSSR count). The highest BCUT2D eigenvalue weighted by Gasteiger charge is 2.46. The summed E-state index contributed by atoms with van der Waals surface area (Å²) in [5.74, 6) is -1.17. The first-order valence-electron chi connectivity index (χ1n) is 10.1. The van der Waals surface area contributed by atoms with Crippen LogP contribution in [0.25, 0.3) is 0 Å². The molecule has 0 bridgehead atoms. The van der Waals surface area contributed by atoms with E-state index in [2.05, 4.69) is 5.32 Å². The summed E-state index contributed by atoms with van der Waals surface area (Å²) in [4.78, 5) is 53.7. The van der Waals surface area contributed by atoms with Gasteiger partial charge in [-0.3, -0.25) is 9.59 Å². The van der Waals surface area contributed by atoms with Crippen LogP contribution in [0, 0.1) is 5.92 Å². The van der Waals surface area contributed by atoms with Crippen LogP contribution in [0.4, 0.5) is 4.79 Å². The SMILES string of the molecule is COC(=O)C1CC[C@@H]2CCN(C(=O)C(C)C)CC(NC(=O)OC(C)(C)C)C(=O)N12. The maximum Gasteiger partial charge on any atom is 0.408 e. The second-order valence-corrected chi connectivity index (χ2v) is 8.94. The highest BCUT2D eigenvalue weighted by Crippen LogP contribution is 2.30. The molecule has 164 valence electrons. The summed E-state index contributed by atoms with van der Waals surface area (Å²) in [5, 5.41) is 2.61. The summed E-state index contributed by atoms with van der Waals surface area (Å²) >= 11 is 0. The third kappa shape index (κ3) is 5.61. The molecule has 9 nitrogen and oxygen atoms in total. The van der Waals surface area contributed by atoms with Crippen LogP contribution >= 0.6 is 0 Å². The lowest BCUT2D eigenvalue weighted by Gasteiger charge is -2.39. The zero-order valence-corrected chi connectivity index (χ0v) is 18.2. The Morgan fingerprint density at radius 2 is 1.79 bits per heavy atom. The number of methoxy groups -OCH3 is 1. The fourth-order valence-corrected chi connectivity index (χ4v) is 3.86. The van der Waals surface area contributed by atoms with E-state index in [1.165, 1.54) is 12.0 Å². The molecule has 9 heteroatoms. The van der Waals surface area contributed by atoms with Crippen LogP contribution in [0.3, 0.4) is 0 Å². The van der Waals surface area contributed by atoms with Gasteiger partial charge in [0.15, 0.2) is 0 Å². The van der Waals surface area contributed by atoms with E-state index in [1.54, 1.807) is 39.5 Å². The fourth-order valence-electron chi connectivity index (χ4n) is 3.86. The third-order valence-corrected chi connectivity index (χ3v) is 5.16. The van der Waals surface area contributed by atoms with Crippen LogP contribution in [-0.4, -0.2) is 77.6 Å². The number of carbonyl (C=O) groups is 4. The van der Waals surface area contributed by atoms with Gasteiger partial charge in [0.05, 0.1) is 13.7 Å². The number of carbonyl (C=O) groups excluding carboxylic acids is 4. The number of nitrogens with zero attached hydrogens (tertiary/aromatic N) is 2. The van der Waals surface area contributed by atoms with E-state index in [0.717, 1.165) is 0 Å². The largest absolute Gasteiger partial charge is 0.467 e. The summed E-state index contributed by atoms with van der Waals surface area (Å²) in [7, 11) is 1.30. The molecule has 0 aromatic carbocycles. The molecule has 2 unspecified atom stereocenters. The van der Waals surface area contributed by atoms with Crippen LogP contribution in [-0.2, 0) is 23.9 Å². The number of ether oxygens (including phenoxy) is 2. The summed E-state index contributed by atoms with van der Waals surface area (Å²) in [6.07, 6.45) is 0.990. The maximum atomic E-state index is 13.4. The summed E-state index contributed by atoms with van der Waals surface area (Å²) in [6.45, 7) is 9.27. The first-order valence-corrected chi connectivity index (χ1v) is 10.1. The number of hydrogen-bond donors (Lipinski definition) is 1. The van der Waals surface area contributed by atoms with Gasteiger partial charge < -0.3 is 24.6 Å². The number of esters is 1. The quantitative estimate of drug-likeness (QED) is 0.702. The Labute approximate surface area is 172 Å². The molecular formula is C20H33N3O6. The van der Waals surface area contributed by atoms with Crippen molar-refractivity contribution in [2.24, 2.45) is 5.92 Å². The Hall–Kier alpha value is -2.32. The summed E-state index contributed by atoms with van der Waals surface area (Å²) < 4.78 is 10.2. The van der Waals surface area contributed by atoms with Crippen LogP contribution in [0.5, 0.6) is 0 Å². The van der Waals surface area contributed by atoms with E-state index in [4.69, 9.17) is 9.47 Å². The van der Waals surface area contributed by atoms with Gasteiger partial charge in [-0.05, 0) is 40.0 Å². The lowest BCUT2D eigenvalue weighted by molar-refractivity contribution is -0.154. The first-order chi connectivity index (χ1) is 13.4. The Morgan fingerprint density at radius 1 is 1.14 bits per heavy atom. The van der Waals surface area contributed by atoms with Crippen molar-refractivity contribution >= 4 is 23.9 Å². The molecular weight excluding hydrogens is 378 g/mol. The highest BCUT2D eigenvalue weighted by molar-refractivity contribution is 5.91. The predicted molar refractivity (Wildman–Crippen MR) is 105 cm³/mol. The van der Waals surface area contributed by atoms with Gasteiger partial charge in [-0.2, -0.15) is 0 Å². The van der Waals surface area contributed by atoms with Crippen molar-refractivity contribution < 1.29 is 28.7 Å². The molecule has 2 fully saturated rings. The molecule has 3 amide bonds. The highest BCUT2D eigenvalue weighted by atomic mass is 16.6. The Morgan fingerprint density at radius 3 is 2.34 bits per heavy atom. The number of alkyl carbamates (subject to hydrolysis) is 1. The number of rotatable bonds is 3. The average molecular weight is 411 g/mol. The van der Waals surface area contributed by atoms with Crippen molar-refractivity contribution in [1.82, 2.24) is 15.1 Å². The van der Waals surface area contributed by atoms with Gasteiger partial charge in [-0.15, -0.1) is 0 Å². The van der Waals surface area contributed by atoms with Gasteiger partial charge in [-0.25, -0.2) is 9.59 Å². The molecule has 2 aliphatic heterocycles. The smallest absolute Gasteiger partial charge is 0.408 e. The Bertz CT molecular complexity index is 657. The van der Waals surface area contributed by atoms with Crippen molar-refractivity contribution in [1.29, 1.82) is 0 Å². The molecule has 0 saturated carbocycles. The number of amides is 3.